The normalized spacial score (nSPS) is 11.7. The SMILES string of the molecule is CN=C(NCc1ccc(CS(=O)(=O)NC)cc1)NCc1ccco1.I. The summed E-state index contributed by atoms with van der Waals surface area (Å²) in [5, 5.41) is 6.34. The minimum Gasteiger partial charge on any atom is -0.467 e. The molecule has 1 heterocycles. The number of benzene rings is 1. The zero-order valence-electron chi connectivity index (χ0n) is 14.2. The fourth-order valence-corrected chi connectivity index (χ4v) is 2.81. The Morgan fingerprint density at radius 1 is 1.08 bits per heavy atom. The lowest BCUT2D eigenvalue weighted by molar-refractivity contribution is 0.501. The van der Waals surface area contributed by atoms with Gasteiger partial charge in [0, 0.05) is 13.6 Å². The number of furan rings is 1. The molecule has 0 unspecified atom stereocenters. The first-order valence-corrected chi connectivity index (χ1v) is 9.13. The zero-order valence-corrected chi connectivity index (χ0v) is 17.3. The van der Waals surface area contributed by atoms with Crippen LogP contribution in [0.25, 0.3) is 0 Å². The second kappa shape index (κ2) is 10.4. The van der Waals surface area contributed by atoms with Crippen LogP contribution >= 0.6 is 24.0 Å². The van der Waals surface area contributed by atoms with Gasteiger partial charge < -0.3 is 15.1 Å². The van der Waals surface area contributed by atoms with Crippen LogP contribution in [0.1, 0.15) is 16.9 Å². The zero-order chi connectivity index (χ0) is 17.4. The molecular formula is C16H23IN4O3S. The Morgan fingerprint density at radius 2 is 1.72 bits per heavy atom. The van der Waals surface area contributed by atoms with Crippen molar-refractivity contribution >= 4 is 40.0 Å². The van der Waals surface area contributed by atoms with Crippen LogP contribution in [0.15, 0.2) is 52.1 Å². The van der Waals surface area contributed by atoms with Crippen LogP contribution in [0.3, 0.4) is 0 Å². The second-order valence-corrected chi connectivity index (χ2v) is 7.06. The van der Waals surface area contributed by atoms with Crippen molar-refractivity contribution in [1.82, 2.24) is 15.4 Å². The van der Waals surface area contributed by atoms with Gasteiger partial charge in [-0.2, -0.15) is 0 Å². The predicted molar refractivity (Wildman–Crippen MR) is 109 cm³/mol. The maximum atomic E-state index is 11.5. The smallest absolute Gasteiger partial charge is 0.215 e. The maximum absolute atomic E-state index is 11.5. The number of hydrogen-bond donors (Lipinski definition) is 3. The molecule has 1 aromatic carbocycles. The van der Waals surface area contributed by atoms with Gasteiger partial charge in [-0.1, -0.05) is 24.3 Å². The summed E-state index contributed by atoms with van der Waals surface area (Å²) in [6, 6.07) is 11.1. The molecule has 0 aliphatic rings. The van der Waals surface area contributed by atoms with Gasteiger partial charge in [-0.25, -0.2) is 13.1 Å². The molecule has 2 aromatic rings. The lowest BCUT2D eigenvalue weighted by Gasteiger charge is -2.11. The molecule has 25 heavy (non-hydrogen) atoms. The van der Waals surface area contributed by atoms with E-state index in [0.29, 0.717) is 19.0 Å². The number of sulfonamides is 1. The lowest BCUT2D eigenvalue weighted by atomic mass is 10.1. The molecule has 0 fully saturated rings. The Labute approximate surface area is 165 Å². The highest BCUT2D eigenvalue weighted by Gasteiger charge is 2.08. The van der Waals surface area contributed by atoms with E-state index in [1.807, 2.05) is 36.4 Å². The maximum Gasteiger partial charge on any atom is 0.215 e. The van der Waals surface area contributed by atoms with E-state index in [-0.39, 0.29) is 29.7 Å². The summed E-state index contributed by atoms with van der Waals surface area (Å²) < 4.78 is 30.6. The molecular weight excluding hydrogens is 455 g/mol. The molecule has 0 spiro atoms. The lowest BCUT2D eigenvalue weighted by Crippen LogP contribution is -2.36. The highest BCUT2D eigenvalue weighted by atomic mass is 127. The molecule has 0 atom stereocenters. The third-order valence-electron chi connectivity index (χ3n) is 3.38. The van der Waals surface area contributed by atoms with Crippen LogP contribution in [0, 0.1) is 0 Å². The first-order valence-electron chi connectivity index (χ1n) is 7.48. The third-order valence-corrected chi connectivity index (χ3v) is 4.72. The average Bonchev–Trinajstić information content (AvgIpc) is 3.09. The van der Waals surface area contributed by atoms with Crippen molar-refractivity contribution in [2.75, 3.05) is 14.1 Å². The van der Waals surface area contributed by atoms with Crippen molar-refractivity contribution in [3.05, 3.63) is 59.5 Å². The molecule has 138 valence electrons. The Bertz CT molecular complexity index is 759. The van der Waals surface area contributed by atoms with E-state index in [0.717, 1.165) is 16.9 Å². The molecule has 0 saturated carbocycles. The minimum atomic E-state index is -3.25. The molecule has 1 aromatic heterocycles. The Hall–Kier alpha value is -1.59. The fourth-order valence-electron chi connectivity index (χ4n) is 2.04. The number of nitrogens with one attached hydrogen (secondary N) is 3. The summed E-state index contributed by atoms with van der Waals surface area (Å²) in [6.45, 7) is 1.13. The van der Waals surface area contributed by atoms with Gasteiger partial charge in [0.25, 0.3) is 0 Å². The van der Waals surface area contributed by atoms with Gasteiger partial charge in [0.2, 0.25) is 10.0 Å². The molecule has 2 rings (SSSR count). The predicted octanol–water partition coefficient (Wildman–Crippen LogP) is 1.81. The van der Waals surface area contributed by atoms with Crippen LogP contribution in [0.2, 0.25) is 0 Å². The quantitative estimate of drug-likeness (QED) is 0.321. The molecule has 7 nitrogen and oxygen atoms in total. The van der Waals surface area contributed by atoms with Crippen LogP contribution in [-0.2, 0) is 28.9 Å². The Kier molecular flexibility index (Phi) is 8.93. The summed E-state index contributed by atoms with van der Waals surface area (Å²) in [4.78, 5) is 4.14. The molecule has 3 N–H and O–H groups in total. The Morgan fingerprint density at radius 3 is 2.28 bits per heavy atom. The van der Waals surface area contributed by atoms with Gasteiger partial charge in [-0.3, -0.25) is 4.99 Å². The number of hydrogen-bond acceptors (Lipinski definition) is 4. The molecule has 0 radical (unpaired) electrons. The van der Waals surface area contributed by atoms with E-state index in [2.05, 4.69) is 20.3 Å². The summed E-state index contributed by atoms with van der Waals surface area (Å²) in [6.07, 6.45) is 1.63. The highest BCUT2D eigenvalue weighted by Crippen LogP contribution is 2.07. The first kappa shape index (κ1) is 21.5. The van der Waals surface area contributed by atoms with Crippen LogP contribution in [-0.4, -0.2) is 28.5 Å². The van der Waals surface area contributed by atoms with Crippen molar-refractivity contribution in [3.63, 3.8) is 0 Å². The molecule has 9 heteroatoms. The van der Waals surface area contributed by atoms with Gasteiger partial charge >= 0.3 is 0 Å². The topological polar surface area (TPSA) is 95.7 Å². The molecule has 0 aliphatic carbocycles. The standard InChI is InChI=1S/C16H22N4O3S.HI/c1-17-16(20-11-15-4-3-9-23-15)19-10-13-5-7-14(8-6-13)12-24(21,22)18-2;/h3-9,18H,10-12H2,1-2H3,(H2,17,19,20);1H. The monoisotopic (exact) mass is 478 g/mol. The number of halogens is 1. The highest BCUT2D eigenvalue weighted by molar-refractivity contribution is 14.0. The second-order valence-electron chi connectivity index (χ2n) is 5.14. The molecule has 0 amide bonds. The minimum absolute atomic E-state index is 0. The van der Waals surface area contributed by atoms with Crippen molar-refractivity contribution in [3.8, 4) is 0 Å². The van der Waals surface area contributed by atoms with E-state index >= 15 is 0 Å². The summed E-state index contributed by atoms with van der Waals surface area (Å²) in [7, 11) is -0.138. The van der Waals surface area contributed by atoms with Crippen LogP contribution in [0.4, 0.5) is 0 Å². The first-order chi connectivity index (χ1) is 11.5. The van der Waals surface area contributed by atoms with E-state index < -0.39 is 10.0 Å². The van der Waals surface area contributed by atoms with Crippen LogP contribution < -0.4 is 15.4 Å². The van der Waals surface area contributed by atoms with E-state index in [1.165, 1.54) is 7.05 Å². The average molecular weight is 478 g/mol. The van der Waals surface area contributed by atoms with E-state index in [1.54, 1.807) is 13.3 Å². The fraction of sp³-hybridized carbons (Fsp3) is 0.312. The van der Waals surface area contributed by atoms with Crippen molar-refractivity contribution in [1.29, 1.82) is 0 Å². The Balaban J connectivity index is 0.00000312. The summed E-state index contributed by atoms with van der Waals surface area (Å²) in [5.41, 5.74) is 1.77. The number of nitrogens with zero attached hydrogens (tertiary/aromatic N) is 1. The van der Waals surface area contributed by atoms with Gasteiger partial charge in [-0.15, -0.1) is 24.0 Å². The summed E-state index contributed by atoms with van der Waals surface area (Å²) >= 11 is 0. The van der Waals surface area contributed by atoms with Crippen molar-refractivity contribution in [2.24, 2.45) is 4.99 Å². The van der Waals surface area contributed by atoms with Gasteiger partial charge in [0.1, 0.15) is 5.76 Å². The summed E-state index contributed by atoms with van der Waals surface area (Å²) in [5.74, 6) is 1.46. The van der Waals surface area contributed by atoms with Gasteiger partial charge in [-0.05, 0) is 30.3 Å². The van der Waals surface area contributed by atoms with E-state index in [4.69, 9.17) is 4.42 Å². The van der Waals surface area contributed by atoms with Gasteiger partial charge in [0.15, 0.2) is 5.96 Å². The largest absolute Gasteiger partial charge is 0.467 e. The molecule has 0 saturated heterocycles. The van der Waals surface area contributed by atoms with Crippen molar-refractivity contribution < 1.29 is 12.8 Å². The molecule has 0 aliphatic heterocycles. The number of guanidine groups is 1. The van der Waals surface area contributed by atoms with Crippen molar-refractivity contribution in [2.45, 2.75) is 18.8 Å². The van der Waals surface area contributed by atoms with Gasteiger partial charge in [0.05, 0.1) is 18.6 Å². The number of rotatable bonds is 7. The van der Waals surface area contributed by atoms with E-state index in [9.17, 15) is 8.42 Å². The number of aliphatic imine (C=N–C) groups is 1. The molecule has 0 bridgehead atoms. The van der Waals surface area contributed by atoms with Crippen LogP contribution in [0.5, 0.6) is 0 Å². The third kappa shape index (κ3) is 7.45.